The van der Waals surface area contributed by atoms with Crippen molar-refractivity contribution < 1.29 is 0 Å². The molecule has 4 nitrogen and oxygen atoms in total. The van der Waals surface area contributed by atoms with Gasteiger partial charge in [0.05, 0.1) is 10.6 Å². The number of anilines is 1. The third-order valence-corrected chi connectivity index (χ3v) is 3.69. The highest BCUT2D eigenvalue weighted by atomic mass is 32.1. The van der Waals surface area contributed by atoms with E-state index in [9.17, 15) is 0 Å². The Hall–Kier alpha value is -1.36. The molecule has 0 bridgehead atoms. The van der Waals surface area contributed by atoms with E-state index in [4.69, 9.17) is 5.73 Å². The third-order valence-electron chi connectivity index (χ3n) is 2.65. The fraction of sp³-hybridized carbons (Fsp3) is 0.455. The number of rotatable bonds is 3. The summed E-state index contributed by atoms with van der Waals surface area (Å²) in [5, 5.41) is 7.99. The first-order valence-corrected chi connectivity index (χ1v) is 6.22. The van der Waals surface area contributed by atoms with Gasteiger partial charge in [0.1, 0.15) is 5.82 Å². The fourth-order valence-corrected chi connectivity index (χ4v) is 2.62. The first kappa shape index (κ1) is 11.1. The van der Waals surface area contributed by atoms with E-state index in [1.165, 1.54) is 10.4 Å². The van der Waals surface area contributed by atoms with E-state index in [0.29, 0.717) is 0 Å². The molecule has 2 rings (SSSR count). The maximum Gasteiger partial charge on any atom is 0.184 e. The van der Waals surface area contributed by atoms with Crippen LogP contribution < -0.4 is 5.73 Å². The van der Waals surface area contributed by atoms with Crippen LogP contribution in [0.1, 0.15) is 29.6 Å². The monoisotopic (exact) mass is 236 g/mol. The fourth-order valence-electron chi connectivity index (χ4n) is 1.69. The lowest BCUT2D eigenvalue weighted by Crippen LogP contribution is -1.89. The number of hydrogen-bond acceptors (Lipinski definition) is 4. The SMILES string of the molecule is CCCc1nc(-c2c(N)sc(C)c2C)n[nH]1. The van der Waals surface area contributed by atoms with Crippen molar-refractivity contribution in [3.63, 3.8) is 0 Å². The van der Waals surface area contributed by atoms with Crippen LogP contribution in [0.4, 0.5) is 5.00 Å². The van der Waals surface area contributed by atoms with Crippen molar-refractivity contribution in [3.05, 3.63) is 16.3 Å². The van der Waals surface area contributed by atoms with Crippen molar-refractivity contribution in [3.8, 4) is 11.4 Å². The van der Waals surface area contributed by atoms with E-state index in [0.717, 1.165) is 35.1 Å². The molecule has 0 fully saturated rings. The highest BCUT2D eigenvalue weighted by Crippen LogP contribution is 2.36. The van der Waals surface area contributed by atoms with E-state index < -0.39 is 0 Å². The summed E-state index contributed by atoms with van der Waals surface area (Å²) < 4.78 is 0. The molecule has 2 aromatic rings. The van der Waals surface area contributed by atoms with Crippen molar-refractivity contribution in [2.45, 2.75) is 33.6 Å². The van der Waals surface area contributed by atoms with Crippen molar-refractivity contribution in [2.24, 2.45) is 0 Å². The second kappa shape index (κ2) is 4.25. The Morgan fingerprint density at radius 3 is 2.69 bits per heavy atom. The number of thiophene rings is 1. The van der Waals surface area contributed by atoms with Gasteiger partial charge in [0.25, 0.3) is 0 Å². The molecule has 0 atom stereocenters. The van der Waals surface area contributed by atoms with Crippen LogP contribution in [-0.2, 0) is 6.42 Å². The zero-order valence-corrected chi connectivity index (χ0v) is 10.6. The minimum Gasteiger partial charge on any atom is -0.390 e. The predicted octanol–water partition coefficient (Wildman–Crippen LogP) is 2.68. The summed E-state index contributed by atoms with van der Waals surface area (Å²) in [7, 11) is 0. The summed E-state index contributed by atoms with van der Waals surface area (Å²) in [5.74, 6) is 1.66. The summed E-state index contributed by atoms with van der Waals surface area (Å²) in [5.41, 5.74) is 8.15. The normalized spacial score (nSPS) is 10.9. The van der Waals surface area contributed by atoms with Gasteiger partial charge in [-0.25, -0.2) is 4.98 Å². The number of nitrogens with zero attached hydrogens (tertiary/aromatic N) is 2. The van der Waals surface area contributed by atoms with Gasteiger partial charge >= 0.3 is 0 Å². The molecule has 16 heavy (non-hydrogen) atoms. The molecular weight excluding hydrogens is 220 g/mol. The van der Waals surface area contributed by atoms with Gasteiger partial charge in [-0.05, 0) is 25.8 Å². The van der Waals surface area contributed by atoms with Gasteiger partial charge in [-0.15, -0.1) is 11.3 Å². The number of nitrogens with one attached hydrogen (secondary N) is 1. The zero-order valence-electron chi connectivity index (χ0n) is 9.79. The molecular formula is C11H16N4S. The summed E-state index contributed by atoms with van der Waals surface area (Å²) in [4.78, 5) is 5.70. The van der Waals surface area contributed by atoms with Crippen LogP contribution in [-0.4, -0.2) is 15.2 Å². The maximum absolute atomic E-state index is 5.98. The van der Waals surface area contributed by atoms with Gasteiger partial charge in [-0.1, -0.05) is 6.92 Å². The van der Waals surface area contributed by atoms with Crippen molar-refractivity contribution in [2.75, 3.05) is 5.73 Å². The van der Waals surface area contributed by atoms with Crippen LogP contribution in [0.25, 0.3) is 11.4 Å². The average Bonchev–Trinajstić information content (AvgIpc) is 2.75. The summed E-state index contributed by atoms with van der Waals surface area (Å²) in [6.45, 7) is 6.25. The summed E-state index contributed by atoms with van der Waals surface area (Å²) in [6.07, 6.45) is 1.99. The smallest absolute Gasteiger partial charge is 0.184 e. The van der Waals surface area contributed by atoms with Crippen LogP contribution in [0.3, 0.4) is 0 Å². The summed E-state index contributed by atoms with van der Waals surface area (Å²) in [6, 6.07) is 0. The van der Waals surface area contributed by atoms with E-state index >= 15 is 0 Å². The van der Waals surface area contributed by atoms with Gasteiger partial charge < -0.3 is 5.73 Å². The molecule has 5 heteroatoms. The minimum absolute atomic E-state index is 0.725. The molecule has 3 N–H and O–H groups in total. The number of nitrogens with two attached hydrogens (primary N) is 1. The predicted molar refractivity (Wildman–Crippen MR) is 67.6 cm³/mol. The summed E-state index contributed by atoms with van der Waals surface area (Å²) >= 11 is 1.60. The van der Waals surface area contributed by atoms with Crippen LogP contribution in [0, 0.1) is 13.8 Å². The topological polar surface area (TPSA) is 67.6 Å². The Morgan fingerprint density at radius 2 is 2.12 bits per heavy atom. The molecule has 0 unspecified atom stereocenters. The van der Waals surface area contributed by atoms with E-state index in [-0.39, 0.29) is 0 Å². The molecule has 0 aliphatic heterocycles. The molecule has 0 saturated heterocycles. The number of aromatic nitrogens is 3. The van der Waals surface area contributed by atoms with Gasteiger partial charge in [0.2, 0.25) is 0 Å². The van der Waals surface area contributed by atoms with E-state index in [1.807, 2.05) is 0 Å². The van der Waals surface area contributed by atoms with Gasteiger partial charge in [0, 0.05) is 11.3 Å². The molecule has 0 aliphatic rings. The Morgan fingerprint density at radius 1 is 1.38 bits per heavy atom. The maximum atomic E-state index is 5.98. The van der Waals surface area contributed by atoms with Crippen LogP contribution >= 0.6 is 11.3 Å². The van der Waals surface area contributed by atoms with Crippen molar-refractivity contribution in [1.82, 2.24) is 15.2 Å². The van der Waals surface area contributed by atoms with Crippen molar-refractivity contribution >= 4 is 16.3 Å². The number of hydrogen-bond donors (Lipinski definition) is 2. The number of aromatic amines is 1. The molecule has 2 heterocycles. The Bertz CT molecular complexity index is 498. The molecule has 2 aromatic heterocycles. The Kier molecular flexibility index (Phi) is 2.96. The lowest BCUT2D eigenvalue weighted by Gasteiger charge is -1.95. The van der Waals surface area contributed by atoms with Crippen LogP contribution in [0.5, 0.6) is 0 Å². The molecule has 0 saturated carbocycles. The second-order valence-electron chi connectivity index (χ2n) is 3.88. The van der Waals surface area contributed by atoms with Gasteiger partial charge in [-0.2, -0.15) is 5.10 Å². The third kappa shape index (κ3) is 1.82. The second-order valence-corrected chi connectivity index (χ2v) is 5.13. The highest BCUT2D eigenvalue weighted by Gasteiger charge is 2.16. The minimum atomic E-state index is 0.725. The number of aryl methyl sites for hydroxylation is 2. The molecule has 0 radical (unpaired) electrons. The van der Waals surface area contributed by atoms with Gasteiger partial charge in [-0.3, -0.25) is 5.10 Å². The average molecular weight is 236 g/mol. The Labute approximate surface area is 98.9 Å². The molecule has 0 amide bonds. The number of H-pyrrole nitrogens is 1. The standard InChI is InChI=1S/C11H16N4S/c1-4-5-8-13-11(15-14-8)9-6(2)7(3)16-10(9)12/h4-5,12H2,1-3H3,(H,13,14,15). The number of nitrogen functional groups attached to an aromatic ring is 1. The zero-order chi connectivity index (χ0) is 11.7. The Balaban J connectivity index is 2.42. The molecule has 0 spiro atoms. The van der Waals surface area contributed by atoms with E-state index in [1.54, 1.807) is 11.3 Å². The lowest BCUT2D eigenvalue weighted by atomic mass is 10.1. The molecule has 0 aliphatic carbocycles. The van der Waals surface area contributed by atoms with Crippen molar-refractivity contribution in [1.29, 1.82) is 0 Å². The van der Waals surface area contributed by atoms with E-state index in [2.05, 4.69) is 36.0 Å². The van der Waals surface area contributed by atoms with Crippen LogP contribution in [0.15, 0.2) is 0 Å². The quantitative estimate of drug-likeness (QED) is 0.861. The van der Waals surface area contributed by atoms with Gasteiger partial charge in [0.15, 0.2) is 5.82 Å². The van der Waals surface area contributed by atoms with Crippen LogP contribution in [0.2, 0.25) is 0 Å². The molecule has 0 aromatic carbocycles. The first-order valence-electron chi connectivity index (χ1n) is 5.40. The molecule has 86 valence electrons. The largest absolute Gasteiger partial charge is 0.390 e. The lowest BCUT2D eigenvalue weighted by molar-refractivity contribution is 0.841. The highest BCUT2D eigenvalue weighted by molar-refractivity contribution is 7.16. The first-order chi connectivity index (χ1) is 7.63.